The standard InChI is InChI=1S/C9H9BrF2/c1-6(9(11)12)7-2-4-8(10)5-3-7/h2-6,9H,1H3. The molecule has 1 unspecified atom stereocenters. The van der Waals surface area contributed by atoms with Gasteiger partial charge in [0.1, 0.15) is 0 Å². The molecule has 0 saturated heterocycles. The molecular weight excluding hydrogens is 226 g/mol. The van der Waals surface area contributed by atoms with Crippen LogP contribution in [0.2, 0.25) is 0 Å². The van der Waals surface area contributed by atoms with Gasteiger partial charge in [0.25, 0.3) is 0 Å². The molecule has 1 rings (SSSR count). The largest absolute Gasteiger partial charge is 0.245 e. The normalized spacial score (nSPS) is 13.4. The summed E-state index contributed by atoms with van der Waals surface area (Å²) in [7, 11) is 0. The average molecular weight is 235 g/mol. The molecule has 1 aromatic rings. The highest BCUT2D eigenvalue weighted by Gasteiger charge is 2.15. The highest BCUT2D eigenvalue weighted by Crippen LogP contribution is 2.23. The Labute approximate surface area is 78.7 Å². The SMILES string of the molecule is CC(c1ccc(Br)cc1)C(F)F. The summed E-state index contributed by atoms with van der Waals surface area (Å²) in [5.41, 5.74) is 0.674. The van der Waals surface area contributed by atoms with Crippen molar-refractivity contribution in [2.24, 2.45) is 0 Å². The molecule has 0 nitrogen and oxygen atoms in total. The van der Waals surface area contributed by atoms with E-state index >= 15 is 0 Å². The minimum atomic E-state index is -2.29. The van der Waals surface area contributed by atoms with E-state index < -0.39 is 12.3 Å². The number of hydrogen-bond donors (Lipinski definition) is 0. The molecule has 66 valence electrons. The first-order chi connectivity index (χ1) is 5.61. The van der Waals surface area contributed by atoms with Crippen LogP contribution in [-0.2, 0) is 0 Å². The zero-order chi connectivity index (χ0) is 9.14. The van der Waals surface area contributed by atoms with Crippen LogP contribution < -0.4 is 0 Å². The van der Waals surface area contributed by atoms with E-state index in [1.807, 2.05) is 0 Å². The molecule has 0 aliphatic heterocycles. The first-order valence-corrected chi connectivity index (χ1v) is 4.44. The molecule has 0 amide bonds. The Morgan fingerprint density at radius 2 is 1.67 bits per heavy atom. The fraction of sp³-hybridized carbons (Fsp3) is 0.333. The van der Waals surface area contributed by atoms with Gasteiger partial charge in [-0.2, -0.15) is 0 Å². The van der Waals surface area contributed by atoms with Gasteiger partial charge in [-0.3, -0.25) is 0 Å². The summed E-state index contributed by atoms with van der Waals surface area (Å²) in [4.78, 5) is 0. The molecule has 0 radical (unpaired) electrons. The lowest BCUT2D eigenvalue weighted by Gasteiger charge is -2.09. The second-order valence-corrected chi connectivity index (χ2v) is 3.59. The Bertz CT molecular complexity index is 243. The van der Waals surface area contributed by atoms with Gasteiger partial charge >= 0.3 is 0 Å². The zero-order valence-electron chi connectivity index (χ0n) is 6.60. The lowest BCUT2D eigenvalue weighted by atomic mass is 10.0. The second kappa shape index (κ2) is 3.99. The molecule has 0 N–H and O–H groups in total. The van der Waals surface area contributed by atoms with Gasteiger partial charge in [-0.05, 0) is 17.7 Å². The highest BCUT2D eigenvalue weighted by molar-refractivity contribution is 9.10. The Morgan fingerprint density at radius 1 is 1.17 bits per heavy atom. The van der Waals surface area contributed by atoms with Gasteiger partial charge in [0.2, 0.25) is 6.43 Å². The summed E-state index contributed by atoms with van der Waals surface area (Å²) in [6, 6.07) is 6.96. The van der Waals surface area contributed by atoms with Crippen molar-refractivity contribution in [1.82, 2.24) is 0 Å². The van der Waals surface area contributed by atoms with E-state index in [-0.39, 0.29) is 0 Å². The summed E-state index contributed by atoms with van der Waals surface area (Å²) in [5.74, 6) is -0.682. The van der Waals surface area contributed by atoms with Crippen LogP contribution in [-0.4, -0.2) is 6.43 Å². The Kier molecular flexibility index (Phi) is 3.20. The average Bonchev–Trinajstić information content (AvgIpc) is 2.04. The van der Waals surface area contributed by atoms with Gasteiger partial charge in [0, 0.05) is 10.4 Å². The Hall–Kier alpha value is -0.440. The maximum Gasteiger partial charge on any atom is 0.245 e. The van der Waals surface area contributed by atoms with E-state index in [1.165, 1.54) is 6.92 Å². The van der Waals surface area contributed by atoms with Crippen LogP contribution in [0.1, 0.15) is 18.4 Å². The summed E-state index contributed by atoms with van der Waals surface area (Å²) in [6.45, 7) is 1.52. The first-order valence-electron chi connectivity index (χ1n) is 3.65. The third-order valence-corrected chi connectivity index (χ3v) is 2.30. The van der Waals surface area contributed by atoms with Crippen molar-refractivity contribution in [2.45, 2.75) is 19.3 Å². The predicted molar refractivity (Wildman–Crippen MR) is 48.6 cm³/mol. The quantitative estimate of drug-likeness (QED) is 0.730. The Balaban J connectivity index is 2.82. The van der Waals surface area contributed by atoms with Crippen molar-refractivity contribution in [3.8, 4) is 0 Å². The molecule has 0 aromatic heterocycles. The predicted octanol–water partition coefficient (Wildman–Crippen LogP) is 3.82. The minimum Gasteiger partial charge on any atom is -0.210 e. The molecule has 0 fully saturated rings. The van der Waals surface area contributed by atoms with Crippen molar-refractivity contribution in [1.29, 1.82) is 0 Å². The van der Waals surface area contributed by atoms with Crippen LogP contribution in [0.4, 0.5) is 8.78 Å². The van der Waals surface area contributed by atoms with E-state index in [1.54, 1.807) is 24.3 Å². The third kappa shape index (κ3) is 2.27. The summed E-state index contributed by atoms with van der Waals surface area (Å²) in [6.07, 6.45) is -2.29. The van der Waals surface area contributed by atoms with Crippen molar-refractivity contribution in [2.75, 3.05) is 0 Å². The first kappa shape index (κ1) is 9.65. The number of alkyl halides is 2. The van der Waals surface area contributed by atoms with E-state index in [0.29, 0.717) is 5.56 Å². The number of hydrogen-bond acceptors (Lipinski definition) is 0. The van der Waals surface area contributed by atoms with Crippen molar-refractivity contribution in [3.63, 3.8) is 0 Å². The lowest BCUT2D eigenvalue weighted by molar-refractivity contribution is 0.121. The molecule has 1 aromatic carbocycles. The van der Waals surface area contributed by atoms with E-state index in [0.717, 1.165) is 4.47 Å². The fourth-order valence-electron chi connectivity index (χ4n) is 0.912. The summed E-state index contributed by atoms with van der Waals surface area (Å²) < 4.78 is 25.3. The number of benzene rings is 1. The van der Waals surface area contributed by atoms with Gasteiger partial charge < -0.3 is 0 Å². The minimum absolute atomic E-state index is 0.674. The maximum absolute atomic E-state index is 12.2. The monoisotopic (exact) mass is 234 g/mol. The topological polar surface area (TPSA) is 0 Å². The smallest absolute Gasteiger partial charge is 0.210 e. The maximum atomic E-state index is 12.2. The molecular formula is C9H9BrF2. The van der Waals surface area contributed by atoms with Gasteiger partial charge in [-0.1, -0.05) is 35.0 Å². The molecule has 0 saturated carbocycles. The summed E-state index contributed by atoms with van der Waals surface area (Å²) >= 11 is 3.24. The van der Waals surface area contributed by atoms with Crippen LogP contribution in [0.5, 0.6) is 0 Å². The number of rotatable bonds is 2. The zero-order valence-corrected chi connectivity index (χ0v) is 8.18. The molecule has 0 heterocycles. The van der Waals surface area contributed by atoms with Crippen LogP contribution in [0.3, 0.4) is 0 Å². The highest BCUT2D eigenvalue weighted by atomic mass is 79.9. The summed E-state index contributed by atoms with van der Waals surface area (Å²) in [5, 5.41) is 0. The van der Waals surface area contributed by atoms with E-state index in [2.05, 4.69) is 15.9 Å². The molecule has 0 aliphatic rings. The van der Waals surface area contributed by atoms with Crippen LogP contribution in [0.25, 0.3) is 0 Å². The molecule has 0 bridgehead atoms. The molecule has 3 heteroatoms. The molecule has 12 heavy (non-hydrogen) atoms. The van der Waals surface area contributed by atoms with Gasteiger partial charge in [0.15, 0.2) is 0 Å². The lowest BCUT2D eigenvalue weighted by Crippen LogP contribution is -2.03. The van der Waals surface area contributed by atoms with Gasteiger partial charge in [0.05, 0.1) is 0 Å². The third-order valence-electron chi connectivity index (χ3n) is 1.77. The van der Waals surface area contributed by atoms with Gasteiger partial charge in [-0.25, -0.2) is 8.78 Å². The molecule has 0 spiro atoms. The van der Waals surface area contributed by atoms with E-state index in [4.69, 9.17) is 0 Å². The number of halogens is 3. The Morgan fingerprint density at radius 3 is 2.08 bits per heavy atom. The second-order valence-electron chi connectivity index (χ2n) is 2.67. The fourth-order valence-corrected chi connectivity index (χ4v) is 1.18. The van der Waals surface area contributed by atoms with E-state index in [9.17, 15) is 8.78 Å². The molecule has 1 atom stereocenters. The van der Waals surface area contributed by atoms with Crippen LogP contribution >= 0.6 is 15.9 Å². The van der Waals surface area contributed by atoms with Crippen LogP contribution in [0.15, 0.2) is 28.7 Å². The van der Waals surface area contributed by atoms with Gasteiger partial charge in [-0.15, -0.1) is 0 Å². The van der Waals surface area contributed by atoms with Crippen LogP contribution in [0, 0.1) is 0 Å². The van der Waals surface area contributed by atoms with Crippen molar-refractivity contribution < 1.29 is 8.78 Å². The van der Waals surface area contributed by atoms with Crippen molar-refractivity contribution >= 4 is 15.9 Å². The van der Waals surface area contributed by atoms with Crippen molar-refractivity contribution in [3.05, 3.63) is 34.3 Å². The molecule has 0 aliphatic carbocycles.